The van der Waals surface area contributed by atoms with Crippen molar-refractivity contribution in [3.8, 4) is 0 Å². The molecule has 0 aromatic heterocycles. The highest BCUT2D eigenvalue weighted by molar-refractivity contribution is 5.98. The van der Waals surface area contributed by atoms with Crippen LogP contribution in [0.3, 0.4) is 0 Å². The van der Waals surface area contributed by atoms with Gasteiger partial charge in [-0.2, -0.15) is 0 Å². The quantitative estimate of drug-likeness (QED) is 0.126. The van der Waals surface area contributed by atoms with Crippen LogP contribution in [-0.4, -0.2) is 120 Å². The number of rotatable bonds is 11. The van der Waals surface area contributed by atoms with Gasteiger partial charge in [0.05, 0.1) is 23.3 Å². The SMILES string of the molecule is CO[C@H]1O[C@H](COC(=O)c2ccccc2)/C(=N\O[C@@H]2O[C@H](CO)[C@H](O)[C@H](O)[C@H]2O)[C@H](OC(=O)c2ccccc2)[C@H]1OC(=O)c1ccccc1. The van der Waals surface area contributed by atoms with E-state index in [1.165, 1.54) is 43.5 Å². The lowest BCUT2D eigenvalue weighted by Crippen LogP contribution is -2.60. The lowest BCUT2D eigenvalue weighted by Gasteiger charge is -2.41. The van der Waals surface area contributed by atoms with Crippen molar-refractivity contribution in [3.63, 3.8) is 0 Å². The lowest BCUT2D eigenvalue weighted by molar-refractivity contribution is -0.302. The molecule has 0 radical (unpaired) electrons. The highest BCUT2D eigenvalue weighted by Gasteiger charge is 2.51. The number of aliphatic hydroxyl groups excluding tert-OH is 4. The van der Waals surface area contributed by atoms with Gasteiger partial charge >= 0.3 is 17.9 Å². The number of aliphatic hydroxyl groups is 4. The molecular formula is C34H35NO14. The monoisotopic (exact) mass is 681 g/mol. The highest BCUT2D eigenvalue weighted by Crippen LogP contribution is 2.29. The molecule has 9 atom stereocenters. The standard InChI is InChI=1S/C34H35NO14/c1-43-34-29(48-32(42)21-15-9-4-10-16-21)28(47-31(41)20-13-7-3-8-14-20)24(23(46-34)18-44-30(40)19-11-5-2-6-12-19)35-49-33-27(39)26(38)25(37)22(17-36)45-33/h2-16,22-23,25-29,33-34,36-39H,17-18H2,1H3/b35-24+/t22-,23-,25+,26+,27-,28+,29-,33+,34+/m1/s1. The van der Waals surface area contributed by atoms with Crippen molar-refractivity contribution < 1.29 is 68.1 Å². The molecule has 49 heavy (non-hydrogen) atoms. The van der Waals surface area contributed by atoms with Crippen molar-refractivity contribution in [1.82, 2.24) is 0 Å². The molecule has 4 N–H and O–H groups in total. The zero-order valence-electron chi connectivity index (χ0n) is 26.1. The molecule has 3 aromatic carbocycles. The number of ether oxygens (including phenoxy) is 6. The molecule has 0 amide bonds. The first-order chi connectivity index (χ1) is 23.7. The maximum atomic E-state index is 13.5. The van der Waals surface area contributed by atoms with Gasteiger partial charge < -0.3 is 53.7 Å². The molecule has 5 rings (SSSR count). The molecule has 0 unspecified atom stereocenters. The molecule has 2 aliphatic heterocycles. The fourth-order valence-electron chi connectivity index (χ4n) is 5.07. The summed E-state index contributed by atoms with van der Waals surface area (Å²) in [5.41, 5.74) is 0.193. The Labute approximate surface area is 280 Å². The summed E-state index contributed by atoms with van der Waals surface area (Å²) in [6.45, 7) is -1.28. The van der Waals surface area contributed by atoms with E-state index < -0.39 is 86.4 Å². The van der Waals surface area contributed by atoms with Gasteiger partial charge in [0, 0.05) is 7.11 Å². The molecule has 0 aliphatic carbocycles. The first kappa shape index (κ1) is 35.6. The average molecular weight is 682 g/mol. The molecule has 2 aliphatic rings. The molecule has 2 heterocycles. The minimum Gasteiger partial charge on any atom is -0.459 e. The Morgan fingerprint density at radius 2 is 1.22 bits per heavy atom. The van der Waals surface area contributed by atoms with E-state index in [9.17, 15) is 34.8 Å². The van der Waals surface area contributed by atoms with Crippen LogP contribution in [0.25, 0.3) is 0 Å². The number of esters is 3. The van der Waals surface area contributed by atoms with E-state index in [2.05, 4.69) is 5.16 Å². The summed E-state index contributed by atoms with van der Waals surface area (Å²) in [6.07, 6.45) is -14.4. The molecule has 2 saturated heterocycles. The van der Waals surface area contributed by atoms with Gasteiger partial charge in [-0.3, -0.25) is 0 Å². The summed E-state index contributed by atoms with van der Waals surface area (Å²) in [7, 11) is 1.25. The maximum absolute atomic E-state index is 13.5. The van der Waals surface area contributed by atoms with Crippen LogP contribution in [-0.2, 0) is 33.3 Å². The third-order valence-corrected chi connectivity index (χ3v) is 7.70. The smallest absolute Gasteiger partial charge is 0.338 e. The third kappa shape index (κ3) is 8.47. The van der Waals surface area contributed by atoms with Gasteiger partial charge in [0.2, 0.25) is 0 Å². The van der Waals surface area contributed by atoms with Crippen LogP contribution in [0.15, 0.2) is 96.2 Å². The zero-order chi connectivity index (χ0) is 34.9. The molecule has 0 saturated carbocycles. The van der Waals surface area contributed by atoms with Crippen molar-refractivity contribution in [2.75, 3.05) is 20.3 Å². The van der Waals surface area contributed by atoms with Gasteiger partial charge in [0.25, 0.3) is 6.29 Å². The molecular weight excluding hydrogens is 646 g/mol. The topological polar surface area (TPSA) is 209 Å². The van der Waals surface area contributed by atoms with Crippen LogP contribution >= 0.6 is 0 Å². The first-order valence-electron chi connectivity index (χ1n) is 15.2. The van der Waals surface area contributed by atoms with Gasteiger partial charge in [-0.05, 0) is 36.4 Å². The van der Waals surface area contributed by atoms with E-state index in [4.69, 9.17) is 33.3 Å². The largest absolute Gasteiger partial charge is 0.459 e. The second-order valence-corrected chi connectivity index (χ2v) is 10.9. The number of benzene rings is 3. The van der Waals surface area contributed by atoms with Crippen LogP contribution in [0.2, 0.25) is 0 Å². The van der Waals surface area contributed by atoms with Crippen LogP contribution in [0.4, 0.5) is 0 Å². The van der Waals surface area contributed by atoms with Gasteiger partial charge in [-0.25, -0.2) is 14.4 Å². The summed E-state index contributed by atoms with van der Waals surface area (Å²) >= 11 is 0. The molecule has 2 fully saturated rings. The van der Waals surface area contributed by atoms with E-state index in [1.54, 1.807) is 54.6 Å². The molecule has 0 bridgehead atoms. The molecule has 260 valence electrons. The van der Waals surface area contributed by atoms with Crippen LogP contribution in [0, 0.1) is 0 Å². The Kier molecular flexibility index (Phi) is 12.0. The van der Waals surface area contributed by atoms with Gasteiger partial charge in [0.1, 0.15) is 42.8 Å². The van der Waals surface area contributed by atoms with E-state index in [0.717, 1.165) is 0 Å². The number of carbonyl (C=O) groups excluding carboxylic acids is 3. The first-order valence-corrected chi connectivity index (χ1v) is 15.2. The predicted molar refractivity (Wildman–Crippen MR) is 166 cm³/mol. The van der Waals surface area contributed by atoms with Crippen LogP contribution in [0.5, 0.6) is 0 Å². The Bertz CT molecular complexity index is 1570. The minimum atomic E-state index is -1.86. The van der Waals surface area contributed by atoms with Gasteiger partial charge in [0.15, 0.2) is 18.5 Å². The average Bonchev–Trinajstić information content (AvgIpc) is 3.14. The lowest BCUT2D eigenvalue weighted by atomic mass is 9.99. The van der Waals surface area contributed by atoms with E-state index in [0.29, 0.717) is 0 Å². The maximum Gasteiger partial charge on any atom is 0.338 e. The molecule has 0 spiro atoms. The molecule has 3 aromatic rings. The summed E-state index contributed by atoms with van der Waals surface area (Å²) in [5, 5.41) is 44.7. The number of hydrogen-bond acceptors (Lipinski definition) is 15. The fourth-order valence-corrected chi connectivity index (χ4v) is 5.07. The summed E-state index contributed by atoms with van der Waals surface area (Å²) in [6, 6.07) is 23.9. The Morgan fingerprint density at radius 3 is 1.76 bits per heavy atom. The van der Waals surface area contributed by atoms with Crippen LogP contribution in [0.1, 0.15) is 31.1 Å². The normalized spacial score (nSPS) is 29.1. The predicted octanol–water partition coefficient (Wildman–Crippen LogP) is 0.838. The zero-order valence-corrected chi connectivity index (χ0v) is 26.1. The third-order valence-electron chi connectivity index (χ3n) is 7.70. The molecule has 15 nitrogen and oxygen atoms in total. The fraction of sp³-hybridized carbons (Fsp3) is 0.353. The van der Waals surface area contributed by atoms with Crippen LogP contribution < -0.4 is 0 Å². The second kappa shape index (κ2) is 16.6. The minimum absolute atomic E-state index is 0.123. The van der Waals surface area contributed by atoms with Crippen molar-refractivity contribution in [1.29, 1.82) is 0 Å². The number of methoxy groups -OCH3 is 1. The number of hydrogen-bond donors (Lipinski definition) is 4. The summed E-state index contributed by atoms with van der Waals surface area (Å²) < 4.78 is 34.1. The van der Waals surface area contributed by atoms with E-state index >= 15 is 0 Å². The van der Waals surface area contributed by atoms with Crippen molar-refractivity contribution in [3.05, 3.63) is 108 Å². The number of carbonyl (C=O) groups is 3. The van der Waals surface area contributed by atoms with Crippen molar-refractivity contribution in [2.45, 2.75) is 55.3 Å². The highest BCUT2D eigenvalue weighted by atomic mass is 16.8. The van der Waals surface area contributed by atoms with Crippen molar-refractivity contribution >= 4 is 23.6 Å². The van der Waals surface area contributed by atoms with E-state index in [1.807, 2.05) is 0 Å². The van der Waals surface area contributed by atoms with Gasteiger partial charge in [-0.15, -0.1) is 0 Å². The Hall–Kier alpha value is -4.74. The Balaban J connectivity index is 1.52. The second-order valence-electron chi connectivity index (χ2n) is 10.9. The van der Waals surface area contributed by atoms with E-state index in [-0.39, 0.29) is 22.4 Å². The molecule has 15 heteroatoms. The number of oxime groups is 1. The van der Waals surface area contributed by atoms with Gasteiger partial charge in [-0.1, -0.05) is 59.8 Å². The van der Waals surface area contributed by atoms with Crippen molar-refractivity contribution in [2.24, 2.45) is 5.16 Å². The summed E-state index contributed by atoms with van der Waals surface area (Å²) in [5.74, 6) is -2.44. The summed E-state index contributed by atoms with van der Waals surface area (Å²) in [4.78, 5) is 45.1. The Morgan fingerprint density at radius 1 is 0.694 bits per heavy atom. The number of nitrogens with zero attached hydrogens (tertiary/aromatic N) is 1.